The molecule has 0 amide bonds. The third-order valence-corrected chi connectivity index (χ3v) is 3.01. The van der Waals surface area contributed by atoms with E-state index in [2.05, 4.69) is 50.2 Å². The first-order chi connectivity index (χ1) is 7.86. The Morgan fingerprint density at radius 2 is 1.81 bits per heavy atom. The van der Waals surface area contributed by atoms with Gasteiger partial charge < -0.3 is 0 Å². The third-order valence-electron chi connectivity index (χ3n) is 3.01. The molecule has 0 aliphatic carbocycles. The molecular weight excluding hydrogens is 192 g/mol. The molecule has 0 bridgehead atoms. The summed E-state index contributed by atoms with van der Waals surface area (Å²) in [4.78, 5) is 0. The molecule has 2 aromatic rings. The van der Waals surface area contributed by atoms with E-state index < -0.39 is 0 Å². The molecule has 2 rings (SSSR count). The largest absolute Gasteiger partial charge is 0.0616 e. The van der Waals surface area contributed by atoms with Crippen molar-refractivity contribution >= 4 is 0 Å². The van der Waals surface area contributed by atoms with Crippen molar-refractivity contribution in [3.05, 3.63) is 59.7 Å². The number of rotatable bonds is 3. The molecular formula is C16H17. The monoisotopic (exact) mass is 209 g/mol. The number of hydrogen-bond donors (Lipinski definition) is 0. The molecule has 81 valence electrons. The van der Waals surface area contributed by atoms with Gasteiger partial charge in [-0.05, 0) is 41.2 Å². The summed E-state index contributed by atoms with van der Waals surface area (Å²) in [5, 5.41) is 0. The van der Waals surface area contributed by atoms with Crippen LogP contribution in [0, 0.1) is 6.07 Å². The molecule has 0 saturated carbocycles. The van der Waals surface area contributed by atoms with Gasteiger partial charge >= 0.3 is 0 Å². The first-order valence-electron chi connectivity index (χ1n) is 5.94. The minimum Gasteiger partial charge on any atom is -0.0616 e. The third kappa shape index (κ3) is 2.01. The summed E-state index contributed by atoms with van der Waals surface area (Å²) in [6, 6.07) is 18.1. The van der Waals surface area contributed by atoms with Crippen LogP contribution in [0.2, 0.25) is 0 Å². The van der Waals surface area contributed by atoms with Crippen molar-refractivity contribution in [2.24, 2.45) is 0 Å². The van der Waals surface area contributed by atoms with E-state index in [1.807, 2.05) is 12.1 Å². The Morgan fingerprint density at radius 1 is 0.938 bits per heavy atom. The fourth-order valence-corrected chi connectivity index (χ4v) is 2.20. The predicted octanol–water partition coefficient (Wildman–Crippen LogP) is 4.28. The van der Waals surface area contributed by atoms with Crippen LogP contribution in [0.4, 0.5) is 0 Å². The van der Waals surface area contributed by atoms with E-state index in [-0.39, 0.29) is 0 Å². The predicted molar refractivity (Wildman–Crippen MR) is 69.5 cm³/mol. The molecule has 16 heavy (non-hydrogen) atoms. The summed E-state index contributed by atoms with van der Waals surface area (Å²) in [6.07, 6.45) is 2.19. The lowest BCUT2D eigenvalue weighted by Gasteiger charge is -2.12. The molecule has 0 heteroatoms. The van der Waals surface area contributed by atoms with Crippen LogP contribution in [0.5, 0.6) is 0 Å². The number of aryl methyl sites for hydroxylation is 1. The smallest absolute Gasteiger partial charge is 0.00991 e. The molecule has 0 atom stereocenters. The second-order valence-electron chi connectivity index (χ2n) is 3.93. The van der Waals surface area contributed by atoms with Crippen molar-refractivity contribution in [1.82, 2.24) is 0 Å². The maximum atomic E-state index is 3.31. The average Bonchev–Trinajstić information content (AvgIpc) is 2.38. The minimum absolute atomic E-state index is 1.09. The molecule has 0 heterocycles. The molecule has 1 radical (unpaired) electrons. The summed E-state index contributed by atoms with van der Waals surface area (Å²) < 4.78 is 0. The molecule has 0 saturated heterocycles. The Kier molecular flexibility index (Phi) is 3.40. The summed E-state index contributed by atoms with van der Waals surface area (Å²) in [7, 11) is 0. The summed E-state index contributed by atoms with van der Waals surface area (Å²) in [5.41, 5.74) is 5.46. The Hall–Kier alpha value is -1.56. The van der Waals surface area contributed by atoms with Gasteiger partial charge in [0.15, 0.2) is 0 Å². The zero-order valence-electron chi connectivity index (χ0n) is 9.96. The summed E-state index contributed by atoms with van der Waals surface area (Å²) in [6.45, 7) is 4.44. The van der Waals surface area contributed by atoms with Crippen LogP contribution in [0.25, 0.3) is 11.1 Å². The first kappa shape index (κ1) is 10.9. The van der Waals surface area contributed by atoms with Crippen molar-refractivity contribution in [3.8, 4) is 11.1 Å². The van der Waals surface area contributed by atoms with Crippen LogP contribution in [-0.2, 0) is 12.8 Å². The van der Waals surface area contributed by atoms with Crippen LogP contribution < -0.4 is 0 Å². The molecule has 0 aromatic heterocycles. The normalized spacial score (nSPS) is 10.4. The second-order valence-corrected chi connectivity index (χ2v) is 3.93. The van der Waals surface area contributed by atoms with Crippen molar-refractivity contribution in [1.29, 1.82) is 0 Å². The fraction of sp³-hybridized carbons (Fsp3) is 0.250. The van der Waals surface area contributed by atoms with E-state index in [1.54, 1.807) is 0 Å². The van der Waals surface area contributed by atoms with Gasteiger partial charge in [0.25, 0.3) is 0 Å². The highest BCUT2D eigenvalue weighted by Gasteiger charge is 2.06. The van der Waals surface area contributed by atoms with E-state index in [0.29, 0.717) is 0 Å². The maximum absolute atomic E-state index is 3.31. The van der Waals surface area contributed by atoms with Crippen LogP contribution in [-0.4, -0.2) is 0 Å². The van der Waals surface area contributed by atoms with Gasteiger partial charge in [0.2, 0.25) is 0 Å². The van der Waals surface area contributed by atoms with E-state index >= 15 is 0 Å². The van der Waals surface area contributed by atoms with E-state index in [1.165, 1.54) is 22.3 Å². The molecule has 0 unspecified atom stereocenters. The molecule has 2 aromatic carbocycles. The van der Waals surface area contributed by atoms with Gasteiger partial charge in [-0.2, -0.15) is 0 Å². The van der Waals surface area contributed by atoms with Gasteiger partial charge in [-0.1, -0.05) is 56.3 Å². The van der Waals surface area contributed by atoms with Crippen molar-refractivity contribution in [2.75, 3.05) is 0 Å². The van der Waals surface area contributed by atoms with Gasteiger partial charge in [-0.25, -0.2) is 0 Å². The Bertz CT molecular complexity index is 455. The Balaban J connectivity index is 2.57. The first-order valence-corrected chi connectivity index (χ1v) is 5.94. The highest BCUT2D eigenvalue weighted by molar-refractivity contribution is 5.68. The SMILES string of the molecule is CCc1cccc(-c2[c]cccc2)c1CC. The zero-order chi connectivity index (χ0) is 11.4. The number of benzene rings is 2. The van der Waals surface area contributed by atoms with Crippen LogP contribution in [0.15, 0.2) is 42.5 Å². The van der Waals surface area contributed by atoms with Gasteiger partial charge in [0.1, 0.15) is 0 Å². The van der Waals surface area contributed by atoms with E-state index in [9.17, 15) is 0 Å². The lowest BCUT2D eigenvalue weighted by molar-refractivity contribution is 1.04. The zero-order valence-corrected chi connectivity index (χ0v) is 9.96. The lowest BCUT2D eigenvalue weighted by atomic mass is 9.93. The van der Waals surface area contributed by atoms with Crippen molar-refractivity contribution in [2.45, 2.75) is 26.7 Å². The second kappa shape index (κ2) is 4.98. The van der Waals surface area contributed by atoms with Gasteiger partial charge in [-0.3, -0.25) is 0 Å². The van der Waals surface area contributed by atoms with Gasteiger partial charge in [0, 0.05) is 0 Å². The summed E-state index contributed by atoms with van der Waals surface area (Å²) >= 11 is 0. The van der Waals surface area contributed by atoms with Gasteiger partial charge in [0.05, 0.1) is 0 Å². The molecule has 0 fully saturated rings. The molecule has 0 aliphatic rings. The Morgan fingerprint density at radius 3 is 2.44 bits per heavy atom. The van der Waals surface area contributed by atoms with Crippen LogP contribution in [0.3, 0.4) is 0 Å². The standard InChI is InChI=1S/C16H17/c1-3-13-11-8-12-16(15(13)4-2)14-9-6-5-7-10-14/h5-9,11-12H,3-4H2,1-2H3. The maximum Gasteiger partial charge on any atom is -0.00991 e. The van der Waals surface area contributed by atoms with E-state index in [0.717, 1.165) is 12.8 Å². The molecule has 0 aliphatic heterocycles. The molecule has 0 nitrogen and oxygen atoms in total. The highest BCUT2D eigenvalue weighted by Crippen LogP contribution is 2.26. The minimum atomic E-state index is 1.09. The highest BCUT2D eigenvalue weighted by atomic mass is 14.1. The quantitative estimate of drug-likeness (QED) is 0.707. The number of hydrogen-bond acceptors (Lipinski definition) is 0. The van der Waals surface area contributed by atoms with Gasteiger partial charge in [-0.15, -0.1) is 0 Å². The van der Waals surface area contributed by atoms with Crippen LogP contribution >= 0.6 is 0 Å². The Labute approximate surface area is 97.9 Å². The summed E-state index contributed by atoms with van der Waals surface area (Å²) in [5.74, 6) is 0. The topological polar surface area (TPSA) is 0 Å². The lowest BCUT2D eigenvalue weighted by Crippen LogP contribution is -1.94. The van der Waals surface area contributed by atoms with Crippen LogP contribution in [0.1, 0.15) is 25.0 Å². The molecule has 0 N–H and O–H groups in total. The molecule has 0 spiro atoms. The van der Waals surface area contributed by atoms with Crippen molar-refractivity contribution < 1.29 is 0 Å². The fourth-order valence-electron chi connectivity index (χ4n) is 2.20. The average molecular weight is 209 g/mol. The van der Waals surface area contributed by atoms with E-state index in [4.69, 9.17) is 0 Å². The van der Waals surface area contributed by atoms with Crippen molar-refractivity contribution in [3.63, 3.8) is 0 Å².